The zero-order valence-corrected chi connectivity index (χ0v) is 46.3. The first-order valence-corrected chi connectivity index (χ1v) is 29.4. The van der Waals surface area contributed by atoms with Gasteiger partial charge in [0, 0.05) is 56.1 Å². The molecule has 0 fully saturated rings. The quantitative estimate of drug-likeness (QED) is 0.0976. The summed E-state index contributed by atoms with van der Waals surface area (Å²) < 4.78 is 6.89. The maximum atomic E-state index is 6.89. The Morgan fingerprint density at radius 1 is 0.434 bits per heavy atom. The minimum Gasteiger partial charge on any atom is -0.456 e. The van der Waals surface area contributed by atoms with Gasteiger partial charge in [-0.25, -0.2) is 0 Å². The first-order chi connectivity index (χ1) is 41.1. The summed E-state index contributed by atoms with van der Waals surface area (Å²) in [6, 6.07) is 101. The largest absolute Gasteiger partial charge is 0.456 e. The van der Waals surface area contributed by atoms with Gasteiger partial charge < -0.3 is 19.5 Å². The SMILES string of the molecule is CCCCCc1ccc(Nc2cc3c(cc2-c2cc(N(c4cccc(-c5ccccc5)c4)c4cccc(-c5ccccc5)c4)cc4c2Bc2cccc5c2N4c2ccccc2C52c4ccccc4-c4ccccc42)oc2ccccc23)cc1. The molecule has 0 radical (unpaired) electrons. The number of nitrogens with zero attached hydrogens (tertiary/aromatic N) is 2. The molecular weight excluding hydrogens is 1010 g/mol. The smallest absolute Gasteiger partial charge is 0.198 e. The number of rotatable bonds is 12. The van der Waals surface area contributed by atoms with E-state index in [0.29, 0.717) is 7.28 Å². The number of furan rings is 1. The van der Waals surface area contributed by atoms with Crippen molar-refractivity contribution in [2.75, 3.05) is 15.1 Å². The van der Waals surface area contributed by atoms with Crippen LogP contribution in [0.2, 0.25) is 0 Å². The molecule has 0 saturated heterocycles. The van der Waals surface area contributed by atoms with Crippen molar-refractivity contribution in [2.45, 2.75) is 38.0 Å². The van der Waals surface area contributed by atoms with E-state index in [1.807, 2.05) is 0 Å². The summed E-state index contributed by atoms with van der Waals surface area (Å²) in [5.41, 5.74) is 28.5. The predicted molar refractivity (Wildman–Crippen MR) is 350 cm³/mol. The van der Waals surface area contributed by atoms with Gasteiger partial charge in [-0.15, -0.1) is 0 Å². The van der Waals surface area contributed by atoms with Crippen LogP contribution in [0.25, 0.3) is 66.4 Å². The molecule has 0 atom stereocenters. The second kappa shape index (κ2) is 19.9. The Morgan fingerprint density at radius 2 is 1.04 bits per heavy atom. The van der Waals surface area contributed by atoms with Crippen LogP contribution in [0.15, 0.2) is 277 Å². The number of anilines is 8. The molecule has 0 unspecified atom stereocenters. The lowest BCUT2D eigenvalue weighted by atomic mass is 9.54. The topological polar surface area (TPSA) is 31.6 Å². The molecule has 394 valence electrons. The van der Waals surface area contributed by atoms with Crippen LogP contribution in [0.5, 0.6) is 0 Å². The first-order valence-electron chi connectivity index (χ1n) is 29.4. The van der Waals surface area contributed by atoms with Crippen LogP contribution >= 0.6 is 0 Å². The van der Waals surface area contributed by atoms with Crippen molar-refractivity contribution >= 4 is 85.6 Å². The van der Waals surface area contributed by atoms with Crippen LogP contribution in [0.4, 0.5) is 45.5 Å². The molecule has 0 bridgehead atoms. The molecule has 16 rings (SSSR count). The molecule has 1 spiro atoms. The minimum absolute atomic E-state index is 0.541. The van der Waals surface area contributed by atoms with Gasteiger partial charge in [0.15, 0.2) is 7.28 Å². The monoisotopic (exact) mass is 1060 g/mol. The van der Waals surface area contributed by atoms with Crippen LogP contribution in [0, 0.1) is 0 Å². The van der Waals surface area contributed by atoms with E-state index < -0.39 is 5.41 Å². The van der Waals surface area contributed by atoms with Gasteiger partial charge >= 0.3 is 0 Å². The molecule has 1 aliphatic carbocycles. The van der Waals surface area contributed by atoms with E-state index in [1.165, 1.54) is 91.6 Å². The summed E-state index contributed by atoms with van der Waals surface area (Å²) in [4.78, 5) is 5.11. The molecule has 2 aliphatic heterocycles. The van der Waals surface area contributed by atoms with E-state index in [-0.39, 0.29) is 0 Å². The molecule has 0 amide bonds. The lowest BCUT2D eigenvalue weighted by molar-refractivity contribution is 0.669. The van der Waals surface area contributed by atoms with Crippen molar-refractivity contribution in [1.82, 2.24) is 0 Å². The third kappa shape index (κ3) is 7.90. The standard InChI is InChI=1S/C78H58BN3O/c1-2-3-6-22-51-41-43-56(44-42-51)80-71-49-64-62-33-13-18-40-74(62)83-75(64)50-63(71)65-47-59(81(57-29-19-27-54(45-57)52-23-7-4-8-24-52)58-30-20-28-55(46-58)53-25-9-5-10-26-53)48-73-76(65)79-70-38-21-37-69-77(70)82(73)72-39-17-16-36-68(72)78(69)66-34-14-11-31-60(66)61-32-12-15-35-67(61)78/h4-5,7-21,23-50,79-80H,2-3,6,22H2,1H3. The van der Waals surface area contributed by atoms with E-state index in [2.05, 4.69) is 295 Å². The molecule has 1 N–H and O–H groups in total. The van der Waals surface area contributed by atoms with Crippen molar-refractivity contribution in [3.05, 3.63) is 301 Å². The highest BCUT2D eigenvalue weighted by atomic mass is 16.3. The van der Waals surface area contributed by atoms with Crippen LogP contribution in [-0.2, 0) is 11.8 Å². The average molecular weight is 1060 g/mol. The first kappa shape index (κ1) is 48.8. The fourth-order valence-electron chi connectivity index (χ4n) is 14.1. The van der Waals surface area contributed by atoms with Gasteiger partial charge in [0.1, 0.15) is 11.2 Å². The molecule has 83 heavy (non-hydrogen) atoms. The Balaban J connectivity index is 0.988. The molecule has 0 saturated carbocycles. The molecule has 13 aromatic rings. The van der Waals surface area contributed by atoms with Gasteiger partial charge in [-0.05, 0) is 158 Å². The summed E-state index contributed by atoms with van der Waals surface area (Å²) in [6.45, 7) is 2.27. The maximum absolute atomic E-state index is 6.89. The van der Waals surface area contributed by atoms with Crippen LogP contribution < -0.4 is 26.0 Å². The molecular formula is C78H58BN3O. The average Bonchev–Trinajstić information content (AvgIpc) is 1.90. The fourth-order valence-corrected chi connectivity index (χ4v) is 14.1. The molecule has 5 heteroatoms. The fraction of sp³-hybridized carbons (Fsp3) is 0.0769. The zero-order chi connectivity index (χ0) is 55.0. The molecule has 4 nitrogen and oxygen atoms in total. The highest BCUT2D eigenvalue weighted by molar-refractivity contribution is 6.73. The van der Waals surface area contributed by atoms with Gasteiger partial charge in [0.05, 0.1) is 11.1 Å². The Morgan fingerprint density at radius 3 is 1.73 bits per heavy atom. The van der Waals surface area contributed by atoms with E-state index in [0.717, 1.165) is 84.7 Å². The summed E-state index contributed by atoms with van der Waals surface area (Å²) in [6.07, 6.45) is 4.71. The number of hydrogen-bond donors (Lipinski definition) is 1. The number of nitrogens with one attached hydrogen (secondary N) is 1. The van der Waals surface area contributed by atoms with Gasteiger partial charge in [-0.3, -0.25) is 0 Å². The van der Waals surface area contributed by atoms with Crippen molar-refractivity contribution in [2.24, 2.45) is 0 Å². The second-order valence-corrected chi connectivity index (χ2v) is 22.6. The van der Waals surface area contributed by atoms with Crippen LogP contribution in [0.3, 0.4) is 0 Å². The van der Waals surface area contributed by atoms with E-state index in [1.54, 1.807) is 0 Å². The summed E-state index contributed by atoms with van der Waals surface area (Å²) in [5, 5.41) is 6.22. The van der Waals surface area contributed by atoms with Crippen LogP contribution in [-0.4, -0.2) is 7.28 Å². The molecule has 3 heterocycles. The molecule has 1 aromatic heterocycles. The summed E-state index contributed by atoms with van der Waals surface area (Å²) in [5.74, 6) is 0. The van der Waals surface area contributed by atoms with Gasteiger partial charge in [0.25, 0.3) is 0 Å². The van der Waals surface area contributed by atoms with Crippen molar-refractivity contribution in [3.63, 3.8) is 0 Å². The normalized spacial score (nSPS) is 13.0. The Kier molecular flexibility index (Phi) is 11.7. The highest BCUT2D eigenvalue weighted by Crippen LogP contribution is 2.63. The molecule has 3 aliphatic rings. The Bertz CT molecular complexity index is 4530. The van der Waals surface area contributed by atoms with Crippen molar-refractivity contribution < 1.29 is 4.42 Å². The maximum Gasteiger partial charge on any atom is 0.198 e. The van der Waals surface area contributed by atoms with Gasteiger partial charge in [-0.2, -0.15) is 0 Å². The second-order valence-electron chi connectivity index (χ2n) is 22.6. The molecule has 12 aromatic carbocycles. The lowest BCUT2D eigenvalue weighted by Crippen LogP contribution is -2.47. The zero-order valence-electron chi connectivity index (χ0n) is 46.3. The van der Waals surface area contributed by atoms with Crippen molar-refractivity contribution in [1.29, 1.82) is 0 Å². The third-order valence-corrected chi connectivity index (χ3v) is 17.9. The number of fused-ring (bicyclic) bond motifs is 14. The Hall–Kier alpha value is -10.1. The number of hydrogen-bond acceptors (Lipinski definition) is 4. The number of unbranched alkanes of at least 4 members (excludes halogenated alkanes) is 2. The van der Waals surface area contributed by atoms with E-state index in [9.17, 15) is 0 Å². The number of aryl methyl sites for hydroxylation is 1. The summed E-state index contributed by atoms with van der Waals surface area (Å²) >= 11 is 0. The third-order valence-electron chi connectivity index (χ3n) is 17.9. The minimum atomic E-state index is -0.541. The van der Waals surface area contributed by atoms with Gasteiger partial charge in [-0.1, -0.05) is 225 Å². The van der Waals surface area contributed by atoms with Crippen LogP contribution in [0.1, 0.15) is 54.0 Å². The van der Waals surface area contributed by atoms with E-state index >= 15 is 0 Å². The lowest BCUT2D eigenvalue weighted by Gasteiger charge is -2.48. The highest BCUT2D eigenvalue weighted by Gasteiger charge is 2.53. The number of benzene rings is 12. The summed E-state index contributed by atoms with van der Waals surface area (Å²) in [7, 11) is 0.712. The van der Waals surface area contributed by atoms with Crippen molar-refractivity contribution in [3.8, 4) is 44.5 Å². The van der Waals surface area contributed by atoms with E-state index in [4.69, 9.17) is 4.42 Å². The Labute approximate surface area is 485 Å². The number of para-hydroxylation sites is 3. The predicted octanol–water partition coefficient (Wildman–Crippen LogP) is 19.4. The van der Waals surface area contributed by atoms with Gasteiger partial charge in [0.2, 0.25) is 0 Å².